The highest BCUT2D eigenvalue weighted by Gasteiger charge is 2.20. The SMILES string of the molecule is CCN(CC)c1ccc(C=O)c(O)c1.CCOC(=O)C(=O)C(C)Br.CCOC(=O)c1sc(-c2cc3ccc(N(CC)CC)cc3oc2=N)nc1C.N#CCC(N)=S. The molecule has 2 aromatic carbocycles. The van der Waals surface area contributed by atoms with Gasteiger partial charge in [0.05, 0.1) is 52.3 Å². The van der Waals surface area contributed by atoms with E-state index in [1.54, 1.807) is 45.9 Å². The van der Waals surface area contributed by atoms with Gasteiger partial charge in [-0.2, -0.15) is 5.26 Å². The fourth-order valence-electron chi connectivity index (χ4n) is 4.82. The fourth-order valence-corrected chi connectivity index (χ4v) is 6.04. The summed E-state index contributed by atoms with van der Waals surface area (Å²) in [6.45, 7) is 19.2. The number of nitrogens with two attached hydrogens (primary N) is 1. The summed E-state index contributed by atoms with van der Waals surface area (Å²) in [6, 6.07) is 14.8. The molecule has 4 N–H and O–H groups in total. The Kier molecular flexibility index (Phi) is 22.6. The number of esters is 2. The number of fused-ring (bicyclic) bond motifs is 1. The summed E-state index contributed by atoms with van der Waals surface area (Å²) in [5.41, 5.74) is 9.12. The maximum Gasteiger partial charge on any atom is 0.375 e. The lowest BCUT2D eigenvalue weighted by Crippen LogP contribution is -2.23. The van der Waals surface area contributed by atoms with E-state index in [1.807, 2.05) is 38.1 Å². The van der Waals surface area contributed by atoms with E-state index in [0.29, 0.717) is 45.2 Å². The Hall–Kier alpha value is -5.18. The molecule has 14 nitrogen and oxygen atoms in total. The van der Waals surface area contributed by atoms with Crippen LogP contribution in [-0.4, -0.2) is 83.3 Å². The summed E-state index contributed by atoms with van der Waals surface area (Å²) in [6.07, 6.45) is 0.844. The van der Waals surface area contributed by atoms with E-state index >= 15 is 0 Å². The molecule has 0 radical (unpaired) electrons. The number of ether oxygens (including phenoxy) is 2. The quantitative estimate of drug-likeness (QED) is 0.0368. The normalized spacial score (nSPS) is 10.5. The molecule has 0 aliphatic heterocycles. The number of aromatic nitrogens is 1. The lowest BCUT2D eigenvalue weighted by molar-refractivity contribution is -0.153. The number of rotatable bonds is 14. The van der Waals surface area contributed by atoms with Crippen LogP contribution < -0.4 is 21.1 Å². The number of ketones is 1. The molecule has 4 rings (SSSR count). The lowest BCUT2D eigenvalue weighted by atomic mass is 10.1. The highest BCUT2D eigenvalue weighted by molar-refractivity contribution is 9.10. The summed E-state index contributed by atoms with van der Waals surface area (Å²) < 4.78 is 15.3. The van der Waals surface area contributed by atoms with E-state index in [-0.39, 0.29) is 35.3 Å². The highest BCUT2D eigenvalue weighted by Crippen LogP contribution is 2.30. The van der Waals surface area contributed by atoms with Crippen LogP contribution >= 0.6 is 39.5 Å². The number of thiazole rings is 1. The number of alkyl halides is 1. The predicted molar refractivity (Wildman–Crippen MR) is 232 cm³/mol. The molecule has 0 aliphatic carbocycles. The largest absolute Gasteiger partial charge is 0.507 e. The Morgan fingerprint density at radius 2 is 1.58 bits per heavy atom. The number of halogens is 1. The molecule has 0 aliphatic rings. The van der Waals surface area contributed by atoms with Crippen LogP contribution in [0.15, 0.2) is 46.9 Å². The van der Waals surface area contributed by atoms with Gasteiger partial charge in [-0.15, -0.1) is 11.3 Å². The predicted octanol–water partition coefficient (Wildman–Crippen LogP) is 7.51. The van der Waals surface area contributed by atoms with Crippen LogP contribution in [0.1, 0.15) is 80.6 Å². The number of phenolic OH excluding ortho intramolecular Hbond substituents is 1. The third kappa shape index (κ3) is 15.7. The maximum absolute atomic E-state index is 12.0. The number of carbonyl (C=O) groups is 4. The zero-order valence-electron chi connectivity index (χ0n) is 33.5. The standard InChI is InChI=1S/C20H23N3O3S.C11H15NO2.C6H9BrO3.C3H4N2S/c1-5-23(6-2)14-9-8-13-10-15(18(21)26-16(13)11-14)19-22-12(4)17(27-19)20(24)25-7-3;1-3-12(4-2)10-6-5-9(8-13)11(14)7-10;1-3-10-6(9)5(8)4(2)7;4-2-1-3(5)6/h8-11,21H,5-7H2,1-4H3;5-8,14H,3-4H2,1-2H3;4H,3H2,1-2H3;1H2,(H2,5,6). The smallest absolute Gasteiger partial charge is 0.375 e. The van der Waals surface area contributed by atoms with E-state index in [4.69, 9.17) is 25.6 Å². The summed E-state index contributed by atoms with van der Waals surface area (Å²) in [7, 11) is 0. The molecule has 308 valence electrons. The van der Waals surface area contributed by atoms with Gasteiger partial charge in [-0.25, -0.2) is 14.6 Å². The second-order valence-corrected chi connectivity index (χ2v) is 14.5. The number of hydrogen-bond acceptors (Lipinski definition) is 15. The number of anilines is 2. The van der Waals surface area contributed by atoms with Crippen molar-refractivity contribution < 1.29 is 38.2 Å². The summed E-state index contributed by atoms with van der Waals surface area (Å²) >= 11 is 8.53. The van der Waals surface area contributed by atoms with E-state index in [0.717, 1.165) is 42.9 Å². The van der Waals surface area contributed by atoms with Gasteiger partial charge in [-0.3, -0.25) is 15.0 Å². The minimum absolute atomic E-state index is 0.0309. The number of nitrogens with zero attached hydrogens (tertiary/aromatic N) is 4. The first-order valence-corrected chi connectivity index (χ1v) is 20.3. The van der Waals surface area contributed by atoms with Crippen molar-refractivity contribution in [1.82, 2.24) is 4.98 Å². The number of carbonyl (C=O) groups excluding carboxylic acids is 4. The molecule has 0 fully saturated rings. The van der Waals surface area contributed by atoms with Crippen molar-refractivity contribution in [2.75, 3.05) is 49.2 Å². The van der Waals surface area contributed by atoms with Gasteiger partial charge in [0.25, 0.3) is 5.78 Å². The van der Waals surface area contributed by atoms with E-state index in [9.17, 15) is 24.3 Å². The van der Waals surface area contributed by atoms with Crippen LogP contribution in [0.25, 0.3) is 21.5 Å². The lowest BCUT2D eigenvalue weighted by Gasteiger charge is -2.21. The van der Waals surface area contributed by atoms with Crippen molar-refractivity contribution >= 4 is 90.8 Å². The summed E-state index contributed by atoms with van der Waals surface area (Å²) in [4.78, 5) is 52.9. The Bertz CT molecular complexity index is 2070. The molecular weight excluding hydrogens is 837 g/mol. The number of thiocarbonyl (C=S) groups is 1. The van der Waals surface area contributed by atoms with Crippen molar-refractivity contribution in [3.05, 3.63) is 64.2 Å². The number of aryl methyl sites for hydroxylation is 1. The Labute approximate surface area is 351 Å². The second-order valence-electron chi connectivity index (χ2n) is 11.6. The van der Waals surface area contributed by atoms with Gasteiger partial charge in [-0.1, -0.05) is 28.1 Å². The van der Waals surface area contributed by atoms with E-state index < -0.39 is 16.6 Å². The van der Waals surface area contributed by atoms with Gasteiger partial charge in [0.15, 0.2) is 6.29 Å². The average Bonchev–Trinajstić information content (AvgIpc) is 3.57. The van der Waals surface area contributed by atoms with Crippen molar-refractivity contribution in [3.63, 3.8) is 0 Å². The van der Waals surface area contributed by atoms with Gasteiger partial charge in [0.2, 0.25) is 5.55 Å². The monoisotopic (exact) mass is 886 g/mol. The third-order valence-electron chi connectivity index (χ3n) is 7.73. The van der Waals surface area contributed by atoms with E-state index in [2.05, 4.69) is 67.6 Å². The van der Waals surface area contributed by atoms with Gasteiger partial charge >= 0.3 is 11.9 Å². The number of aldehydes is 1. The first-order valence-electron chi connectivity index (χ1n) is 18.1. The Balaban J connectivity index is 0.000000451. The first-order chi connectivity index (χ1) is 27.1. The maximum atomic E-state index is 12.0. The Morgan fingerprint density at radius 1 is 1.02 bits per heavy atom. The fraction of sp³-hybridized carbons (Fsp3) is 0.400. The first kappa shape index (κ1) is 49.8. The molecule has 0 saturated heterocycles. The molecule has 2 heterocycles. The number of Topliss-reactive ketones (excluding diaryl/α,β-unsaturated/α-hetero) is 1. The van der Waals surface area contributed by atoms with E-state index in [1.165, 1.54) is 11.3 Å². The van der Waals surface area contributed by atoms with Crippen LogP contribution in [-0.2, 0) is 19.1 Å². The average molecular weight is 888 g/mol. The molecule has 1 atom stereocenters. The minimum atomic E-state index is -0.771. The van der Waals surface area contributed by atoms with Crippen molar-refractivity contribution in [1.29, 1.82) is 10.7 Å². The molecule has 0 amide bonds. The number of hydrogen-bond donors (Lipinski definition) is 3. The third-order valence-corrected chi connectivity index (χ3v) is 9.46. The molecular formula is C40H51BrN6O8S2. The van der Waals surface area contributed by atoms with Crippen LogP contribution in [0.3, 0.4) is 0 Å². The van der Waals surface area contributed by atoms with Crippen molar-refractivity contribution in [2.45, 2.75) is 66.6 Å². The zero-order valence-corrected chi connectivity index (χ0v) is 36.7. The number of benzene rings is 2. The van der Waals surface area contributed by atoms with Crippen LogP contribution in [0.5, 0.6) is 5.75 Å². The molecule has 0 bridgehead atoms. The number of phenols is 1. The van der Waals surface area contributed by atoms with Gasteiger partial charge in [0, 0.05) is 55.1 Å². The topological polar surface area (TPSA) is 213 Å². The molecule has 2 aromatic heterocycles. The van der Waals surface area contributed by atoms with Crippen LogP contribution in [0.4, 0.5) is 11.4 Å². The van der Waals surface area contributed by atoms with Gasteiger partial charge < -0.3 is 34.5 Å². The Morgan fingerprint density at radius 3 is 2.04 bits per heavy atom. The minimum Gasteiger partial charge on any atom is -0.507 e. The second kappa shape index (κ2) is 25.9. The summed E-state index contributed by atoms with van der Waals surface area (Å²) in [5, 5.41) is 27.1. The number of nitriles is 1. The molecule has 0 spiro atoms. The zero-order chi connectivity index (χ0) is 43.2. The molecule has 0 saturated carbocycles. The highest BCUT2D eigenvalue weighted by atomic mass is 79.9. The van der Waals surface area contributed by atoms with Crippen molar-refractivity contribution in [3.8, 4) is 22.4 Å². The molecule has 1 unspecified atom stereocenters. The molecule has 4 aromatic rings. The number of aromatic hydroxyl groups is 1. The van der Waals surface area contributed by atoms with Crippen LogP contribution in [0.2, 0.25) is 0 Å². The van der Waals surface area contributed by atoms with Gasteiger partial charge in [-0.05, 0) is 85.7 Å². The molecule has 57 heavy (non-hydrogen) atoms. The summed E-state index contributed by atoms with van der Waals surface area (Å²) in [5.74, 6) is -1.65. The van der Waals surface area contributed by atoms with Gasteiger partial charge in [0.1, 0.15) is 21.2 Å². The van der Waals surface area contributed by atoms with Crippen molar-refractivity contribution in [2.24, 2.45) is 5.73 Å². The molecule has 17 heteroatoms. The number of nitrogens with one attached hydrogen (secondary N) is 1. The van der Waals surface area contributed by atoms with Crippen LogP contribution in [0, 0.1) is 23.7 Å².